The normalized spacial score (nSPS) is 5.00. The smallest absolute Gasteiger partial charge is 0.144 e. The van der Waals surface area contributed by atoms with Crippen LogP contribution < -0.4 is 0 Å². The zero-order valence-corrected chi connectivity index (χ0v) is 2.88. The Morgan fingerprint density at radius 2 is 2.60 bits per heavy atom. The third-order valence-electron chi connectivity index (χ3n) is 0.0674. The van der Waals surface area contributed by atoms with Gasteiger partial charge in [-0.2, -0.15) is 0 Å². The summed E-state index contributed by atoms with van der Waals surface area (Å²) in [6.07, 6.45) is 0. The van der Waals surface area contributed by atoms with E-state index in [0.717, 1.165) is 0 Å². The Kier molecular flexibility index (Phi) is 2.99. The van der Waals surface area contributed by atoms with Crippen molar-refractivity contribution in [2.24, 2.45) is 5.28 Å². The van der Waals surface area contributed by atoms with Crippen molar-refractivity contribution in [3.05, 3.63) is 10.4 Å². The van der Waals surface area contributed by atoms with Crippen molar-refractivity contribution in [2.75, 3.05) is 0 Å². The maximum atomic E-state index is 7.32. The monoisotopic (exact) mass is 93.0 g/mol. The van der Waals surface area contributed by atoms with Crippen molar-refractivity contribution in [1.82, 2.24) is 0 Å². The van der Waals surface area contributed by atoms with Crippen LogP contribution in [0.1, 0.15) is 0 Å². The fraction of sp³-hybridized carbons (Fsp3) is 0. The molecule has 28 valence electrons. The molecule has 0 spiro atoms. The van der Waals surface area contributed by atoms with Gasteiger partial charge in [0.2, 0.25) is 0 Å². The van der Waals surface area contributed by atoms with Crippen LogP contribution in [0.5, 0.6) is 0 Å². The summed E-state index contributed by atoms with van der Waals surface area (Å²) in [5.74, 6) is 0. The molecule has 0 aromatic heterocycles. The first-order valence-corrected chi connectivity index (χ1v) is 1.05. The topological polar surface area (TPSA) is 58.0 Å². The maximum absolute atomic E-state index is 7.32. The molecule has 0 aromatic rings. The molecule has 0 aliphatic rings. The number of nitrogens with zero attached hydrogens (tertiary/aromatic N) is 3. The largest absolute Gasteiger partial charge is 0.313 e. The van der Waals surface area contributed by atoms with Crippen LogP contribution in [0, 0.1) is 0 Å². The fourth-order valence-corrected chi connectivity index (χ4v) is 0.0414. The van der Waals surface area contributed by atoms with Crippen molar-refractivity contribution in [1.29, 1.82) is 0 Å². The number of halogens is 1. The molecule has 0 unspecified atom stereocenters. The molecule has 0 saturated carbocycles. The third-order valence-corrected chi connectivity index (χ3v) is 0.129. The highest BCUT2D eigenvalue weighted by Crippen LogP contribution is 1.76. The van der Waals surface area contributed by atoms with Gasteiger partial charge in [-0.25, -0.2) is 0 Å². The minimum atomic E-state index is 2.12. The molecule has 0 radical (unpaired) electrons. The van der Waals surface area contributed by atoms with E-state index in [1.165, 1.54) is 0 Å². The van der Waals surface area contributed by atoms with Gasteiger partial charge in [0.05, 0.1) is 0 Å². The van der Waals surface area contributed by atoms with E-state index >= 15 is 0 Å². The van der Waals surface area contributed by atoms with Gasteiger partial charge in [-0.1, -0.05) is 0 Å². The highest BCUT2D eigenvalue weighted by atomic mass is 35.5. The van der Waals surface area contributed by atoms with Crippen LogP contribution in [0.2, 0.25) is 0 Å². The van der Waals surface area contributed by atoms with Gasteiger partial charge in [0.15, 0.2) is 0 Å². The standard InChI is InChI=1S/ClN3O/c1-5-4-3-2. The Morgan fingerprint density at radius 3 is 2.60 bits per heavy atom. The number of azide groups is 1. The van der Waals surface area contributed by atoms with E-state index in [4.69, 9.17) is 5.53 Å². The molecule has 0 aliphatic heterocycles. The predicted octanol–water partition coefficient (Wildman–Crippen LogP) is 1.38. The van der Waals surface area contributed by atoms with Crippen LogP contribution >= 0.6 is 11.9 Å². The quantitative estimate of drug-likeness (QED) is 0.209. The average molecular weight is 93.5 g/mol. The molecule has 4 nitrogen and oxygen atoms in total. The number of hydrogen-bond donors (Lipinski definition) is 0. The molecule has 0 saturated heterocycles. The summed E-state index contributed by atoms with van der Waals surface area (Å²) in [7, 11) is 0. The summed E-state index contributed by atoms with van der Waals surface area (Å²) >= 11 is 4.38. The summed E-state index contributed by atoms with van der Waals surface area (Å²) in [4.78, 5) is 2.12. The molecule has 5 heavy (non-hydrogen) atoms. The van der Waals surface area contributed by atoms with Gasteiger partial charge in [-0.05, 0) is 5.53 Å². The molecule has 0 heterocycles. The van der Waals surface area contributed by atoms with E-state index < -0.39 is 0 Å². The second-order valence-electron chi connectivity index (χ2n) is 0.240. The van der Waals surface area contributed by atoms with Crippen molar-refractivity contribution < 1.29 is 4.39 Å². The van der Waals surface area contributed by atoms with Crippen molar-refractivity contribution in [2.45, 2.75) is 0 Å². The first-order chi connectivity index (χ1) is 2.41. The second-order valence-corrected chi connectivity index (χ2v) is 0.378. The number of hydrogen-bond acceptors (Lipinski definition) is 2. The van der Waals surface area contributed by atoms with E-state index in [-0.39, 0.29) is 0 Å². The van der Waals surface area contributed by atoms with E-state index in [1.807, 2.05) is 0 Å². The molecule has 0 aromatic carbocycles. The molecule has 0 fully saturated rings. The van der Waals surface area contributed by atoms with E-state index in [2.05, 4.69) is 26.4 Å². The summed E-state index contributed by atoms with van der Waals surface area (Å²) in [5.41, 5.74) is 7.32. The molecular weight excluding hydrogens is 93.5 g/mol. The van der Waals surface area contributed by atoms with Gasteiger partial charge in [0.1, 0.15) is 17.1 Å². The van der Waals surface area contributed by atoms with Gasteiger partial charge in [-0.15, -0.1) is 0 Å². The van der Waals surface area contributed by atoms with Crippen LogP contribution in [-0.2, 0) is 4.39 Å². The van der Waals surface area contributed by atoms with Crippen molar-refractivity contribution in [3.8, 4) is 0 Å². The molecule has 0 atom stereocenters. The molecule has 0 aliphatic carbocycles. The predicted molar refractivity (Wildman–Crippen MR) is 16.1 cm³/mol. The molecule has 0 rings (SSSR count). The van der Waals surface area contributed by atoms with Crippen molar-refractivity contribution in [3.63, 3.8) is 0 Å². The molecule has 0 bridgehead atoms. The van der Waals surface area contributed by atoms with Crippen LogP contribution in [0.15, 0.2) is 5.28 Å². The summed E-state index contributed by atoms with van der Waals surface area (Å²) in [6, 6.07) is 0. The van der Waals surface area contributed by atoms with Crippen LogP contribution in [0.25, 0.3) is 10.4 Å². The molecule has 0 N–H and O–H groups in total. The van der Waals surface area contributed by atoms with Crippen LogP contribution in [0.3, 0.4) is 0 Å². The summed E-state index contributed by atoms with van der Waals surface area (Å²) in [5, 5.41) is 2.42. The zero-order valence-electron chi connectivity index (χ0n) is 2.13. The lowest BCUT2D eigenvalue weighted by Crippen LogP contribution is -1.38. The lowest BCUT2D eigenvalue weighted by atomic mass is 12.9. The lowest BCUT2D eigenvalue weighted by molar-refractivity contribution is 0.371. The minimum Gasteiger partial charge on any atom is -0.313 e. The van der Waals surface area contributed by atoms with E-state index in [9.17, 15) is 0 Å². The summed E-state index contributed by atoms with van der Waals surface area (Å²) < 4.78 is 3.37. The highest BCUT2D eigenvalue weighted by Gasteiger charge is 1.50. The number of rotatable bonds is 1. The Morgan fingerprint density at radius 1 is 2.00 bits per heavy atom. The SMILES string of the molecule is [N-]=[N+]=NOCl. The Hall–Kier alpha value is -0.600. The fourth-order valence-electron chi connectivity index (χ4n) is 0.0138. The van der Waals surface area contributed by atoms with Gasteiger partial charge in [0.25, 0.3) is 0 Å². The summed E-state index contributed by atoms with van der Waals surface area (Å²) in [6.45, 7) is 0. The molecule has 5 heteroatoms. The van der Waals surface area contributed by atoms with E-state index in [1.54, 1.807) is 0 Å². The molecule has 0 amide bonds. The zero-order chi connectivity index (χ0) is 4.12. The Labute approximate surface area is 33.1 Å². The van der Waals surface area contributed by atoms with Crippen LogP contribution in [0.4, 0.5) is 0 Å². The minimum absolute atomic E-state index is 2.12. The average Bonchev–Trinajstić information content (AvgIpc) is 1.41. The molecular formula is ClN3O. The Balaban J connectivity index is 2.93. The Bertz CT molecular complexity index is 53.9. The first-order valence-electron chi connectivity index (χ1n) is 0.737. The van der Waals surface area contributed by atoms with Crippen LogP contribution in [-0.4, -0.2) is 0 Å². The third kappa shape index (κ3) is 3.40. The van der Waals surface area contributed by atoms with Crippen molar-refractivity contribution >= 4 is 11.9 Å². The first kappa shape index (κ1) is 4.40. The van der Waals surface area contributed by atoms with E-state index in [0.29, 0.717) is 0 Å². The van der Waals surface area contributed by atoms with Gasteiger partial charge in [-0.3, -0.25) is 0 Å². The van der Waals surface area contributed by atoms with Gasteiger partial charge in [0, 0.05) is 4.91 Å². The van der Waals surface area contributed by atoms with Gasteiger partial charge >= 0.3 is 0 Å². The maximum Gasteiger partial charge on any atom is 0.144 e. The highest BCUT2D eigenvalue weighted by molar-refractivity contribution is 6.07. The second kappa shape index (κ2) is 3.40. The van der Waals surface area contributed by atoms with Gasteiger partial charge < -0.3 is 4.39 Å². The lowest BCUT2D eigenvalue weighted by Gasteiger charge is -1.61.